The van der Waals surface area contributed by atoms with Crippen LogP contribution >= 0.6 is 12.2 Å². The monoisotopic (exact) mass is 527 g/mol. The van der Waals surface area contributed by atoms with Gasteiger partial charge in [-0.1, -0.05) is 18.2 Å². The van der Waals surface area contributed by atoms with Gasteiger partial charge in [0.2, 0.25) is 5.91 Å². The number of thiocarbonyl (C=S) groups is 1. The smallest absolute Gasteiger partial charge is 0.221 e. The molecule has 1 amide bonds. The van der Waals surface area contributed by atoms with Crippen molar-refractivity contribution in [2.75, 3.05) is 29.3 Å². The van der Waals surface area contributed by atoms with E-state index in [0.717, 1.165) is 16.9 Å². The van der Waals surface area contributed by atoms with Crippen LogP contribution in [0.3, 0.4) is 0 Å². The molecule has 2 aliphatic heterocycles. The maximum atomic E-state index is 11.9. The van der Waals surface area contributed by atoms with Gasteiger partial charge in [0.15, 0.2) is 5.11 Å². The van der Waals surface area contributed by atoms with Crippen molar-refractivity contribution < 1.29 is 9.53 Å². The first kappa shape index (κ1) is 25.7. The molecule has 2 N–H and O–H groups in total. The van der Waals surface area contributed by atoms with Gasteiger partial charge in [0.1, 0.15) is 5.75 Å². The molecule has 0 bridgehead atoms. The zero-order valence-corrected chi connectivity index (χ0v) is 23.4. The fraction of sp³-hybridized carbons (Fsp3) is 0.300. The van der Waals surface area contributed by atoms with E-state index in [0.29, 0.717) is 16.5 Å². The van der Waals surface area contributed by atoms with Gasteiger partial charge in [-0.05, 0) is 86.6 Å². The lowest BCUT2D eigenvalue weighted by molar-refractivity contribution is -0.114. The number of carbonyl (C=O) groups excluding carboxylic acids is 1. The Balaban J connectivity index is 1.66. The van der Waals surface area contributed by atoms with Crippen LogP contribution in [0.15, 0.2) is 66.9 Å². The van der Waals surface area contributed by atoms with Crippen molar-refractivity contribution in [3.63, 3.8) is 0 Å². The number of carbonyl (C=O) groups is 1. The summed E-state index contributed by atoms with van der Waals surface area (Å²) in [6, 6.07) is 18.0. The second-order valence-electron chi connectivity index (χ2n) is 10.4. The molecule has 0 radical (unpaired) electrons. The Morgan fingerprint density at radius 2 is 1.95 bits per heavy atom. The van der Waals surface area contributed by atoms with E-state index in [1.807, 2.05) is 36.4 Å². The van der Waals surface area contributed by atoms with Gasteiger partial charge < -0.3 is 25.2 Å². The third-order valence-electron chi connectivity index (χ3n) is 7.45. The summed E-state index contributed by atoms with van der Waals surface area (Å²) in [5, 5.41) is 6.99. The van der Waals surface area contributed by atoms with Crippen molar-refractivity contribution in [3.05, 3.63) is 83.7 Å². The molecule has 0 spiro atoms. The number of nitrogens with zero attached hydrogens (tertiary/aromatic N) is 3. The lowest BCUT2D eigenvalue weighted by Crippen LogP contribution is -2.42. The number of benzene rings is 2. The van der Waals surface area contributed by atoms with Crippen LogP contribution in [0.2, 0.25) is 0 Å². The Bertz CT molecular complexity index is 1440. The highest BCUT2D eigenvalue weighted by Gasteiger charge is 2.41. The molecule has 5 rings (SSSR count). The first-order chi connectivity index (χ1) is 18.1. The van der Waals surface area contributed by atoms with Crippen molar-refractivity contribution in [1.29, 1.82) is 0 Å². The molecule has 3 aromatic rings. The molecule has 2 aliphatic rings. The first-order valence-corrected chi connectivity index (χ1v) is 13.1. The summed E-state index contributed by atoms with van der Waals surface area (Å²) in [6.07, 6.45) is 4.12. The Morgan fingerprint density at radius 1 is 1.16 bits per heavy atom. The standard InChI is InChI=1S/C30H33N5O2S/c1-18-17-30(3,4)34(5)25-12-10-20(15-22(18)25)28-27(23-9-7-8-14-31-23)33-29(38)35(28)21-11-13-26(37-6)24(16-21)32-19(2)36/h7-17,27-28H,1-6H3,(H,32,36)(H,33,38)/t27-,28-/m0/s1. The van der Waals surface area contributed by atoms with Gasteiger partial charge in [0, 0.05) is 37.1 Å². The van der Waals surface area contributed by atoms with Crippen molar-refractivity contribution in [3.8, 4) is 5.75 Å². The number of rotatable bonds is 5. The van der Waals surface area contributed by atoms with E-state index in [-0.39, 0.29) is 23.5 Å². The largest absolute Gasteiger partial charge is 0.495 e. The van der Waals surface area contributed by atoms with Crippen LogP contribution < -0.4 is 25.2 Å². The Kier molecular flexibility index (Phi) is 6.61. The van der Waals surface area contributed by atoms with Crippen LogP contribution in [0.5, 0.6) is 5.75 Å². The molecule has 2 atom stereocenters. The fourth-order valence-corrected chi connectivity index (χ4v) is 5.81. The predicted molar refractivity (Wildman–Crippen MR) is 158 cm³/mol. The average molecular weight is 528 g/mol. The number of fused-ring (bicyclic) bond motifs is 1. The molecule has 196 valence electrons. The Hall–Kier alpha value is -3.91. The maximum absolute atomic E-state index is 11.9. The number of nitrogens with one attached hydrogen (secondary N) is 2. The second kappa shape index (κ2) is 9.76. The van der Waals surface area contributed by atoms with Gasteiger partial charge in [-0.2, -0.15) is 0 Å². The van der Waals surface area contributed by atoms with E-state index in [9.17, 15) is 4.79 Å². The van der Waals surface area contributed by atoms with Gasteiger partial charge in [-0.25, -0.2) is 0 Å². The zero-order chi connectivity index (χ0) is 27.2. The predicted octanol–water partition coefficient (Wildman–Crippen LogP) is 5.86. The molecule has 3 heterocycles. The number of pyridine rings is 1. The van der Waals surface area contributed by atoms with Gasteiger partial charge in [0.05, 0.1) is 36.1 Å². The molecule has 1 fully saturated rings. The number of allylic oxidation sites excluding steroid dienone is 1. The quantitative estimate of drug-likeness (QED) is 0.403. The number of aromatic nitrogens is 1. The van der Waals surface area contributed by atoms with E-state index in [2.05, 4.69) is 77.5 Å². The number of hydrogen-bond donors (Lipinski definition) is 2. The molecule has 0 saturated carbocycles. The van der Waals surface area contributed by atoms with Crippen LogP contribution in [-0.4, -0.2) is 35.7 Å². The number of anilines is 3. The van der Waals surface area contributed by atoms with Crippen LogP contribution in [0.1, 0.15) is 56.6 Å². The summed E-state index contributed by atoms with van der Waals surface area (Å²) in [4.78, 5) is 21.0. The van der Waals surface area contributed by atoms with Crippen LogP contribution in [0.25, 0.3) is 5.57 Å². The molecule has 0 unspecified atom stereocenters. The van der Waals surface area contributed by atoms with Gasteiger partial charge in [0.25, 0.3) is 0 Å². The van der Waals surface area contributed by atoms with E-state index >= 15 is 0 Å². The highest BCUT2D eigenvalue weighted by molar-refractivity contribution is 7.80. The third kappa shape index (κ3) is 4.49. The lowest BCUT2D eigenvalue weighted by Gasteiger charge is -2.41. The van der Waals surface area contributed by atoms with E-state index in [1.54, 1.807) is 13.3 Å². The Labute approximate surface area is 229 Å². The molecule has 2 aromatic carbocycles. The number of methoxy groups -OCH3 is 1. The SMILES string of the molecule is COc1ccc(N2C(=S)N[C@@H](c3ccccn3)[C@@H]2c2ccc3c(c2)C(C)=CC(C)(C)N3C)cc1NC(C)=O. The van der Waals surface area contributed by atoms with Crippen LogP contribution in [-0.2, 0) is 4.79 Å². The molecular formula is C30H33N5O2S. The van der Waals surface area contributed by atoms with Crippen molar-refractivity contribution in [2.45, 2.75) is 45.3 Å². The maximum Gasteiger partial charge on any atom is 0.221 e. The topological polar surface area (TPSA) is 69.7 Å². The number of hydrogen-bond acceptors (Lipinski definition) is 5. The van der Waals surface area contributed by atoms with E-state index in [4.69, 9.17) is 17.0 Å². The summed E-state index contributed by atoms with van der Waals surface area (Å²) in [7, 11) is 3.72. The van der Waals surface area contributed by atoms with Crippen LogP contribution in [0.4, 0.5) is 17.1 Å². The molecular weight excluding hydrogens is 494 g/mol. The minimum absolute atomic E-state index is 0.0686. The summed E-state index contributed by atoms with van der Waals surface area (Å²) in [6.45, 7) is 8.10. The van der Waals surface area contributed by atoms with Crippen LogP contribution in [0, 0.1) is 0 Å². The number of likely N-dealkylation sites (N-methyl/N-ethyl adjacent to an activating group) is 1. The minimum atomic E-state index is -0.172. The average Bonchev–Trinajstić information content (AvgIpc) is 3.24. The minimum Gasteiger partial charge on any atom is -0.495 e. The van der Waals surface area contributed by atoms with Crippen molar-refractivity contribution in [2.24, 2.45) is 0 Å². The zero-order valence-electron chi connectivity index (χ0n) is 22.6. The van der Waals surface area contributed by atoms with E-state index in [1.165, 1.54) is 23.7 Å². The number of ether oxygens (including phenoxy) is 1. The molecule has 1 saturated heterocycles. The summed E-state index contributed by atoms with van der Waals surface area (Å²) >= 11 is 5.91. The van der Waals surface area contributed by atoms with Gasteiger partial charge >= 0.3 is 0 Å². The van der Waals surface area contributed by atoms with Gasteiger partial charge in [-0.15, -0.1) is 0 Å². The van der Waals surface area contributed by atoms with Crippen molar-refractivity contribution in [1.82, 2.24) is 10.3 Å². The highest BCUT2D eigenvalue weighted by Crippen LogP contribution is 2.46. The van der Waals surface area contributed by atoms with E-state index < -0.39 is 0 Å². The highest BCUT2D eigenvalue weighted by atomic mass is 32.1. The summed E-state index contributed by atoms with van der Waals surface area (Å²) in [5.41, 5.74) is 7.04. The van der Waals surface area contributed by atoms with Gasteiger partial charge in [-0.3, -0.25) is 9.78 Å². The first-order valence-electron chi connectivity index (χ1n) is 12.6. The fourth-order valence-electron chi connectivity index (χ4n) is 5.47. The normalized spacial score (nSPS) is 19.9. The van der Waals surface area contributed by atoms with Crippen molar-refractivity contribution >= 4 is 45.9 Å². The second-order valence-corrected chi connectivity index (χ2v) is 10.8. The number of amides is 1. The Morgan fingerprint density at radius 3 is 2.63 bits per heavy atom. The molecule has 1 aromatic heterocycles. The lowest BCUT2D eigenvalue weighted by atomic mass is 9.86. The summed E-state index contributed by atoms with van der Waals surface area (Å²) < 4.78 is 5.49. The third-order valence-corrected chi connectivity index (χ3v) is 7.77. The molecule has 0 aliphatic carbocycles. The molecule has 7 nitrogen and oxygen atoms in total. The molecule has 8 heteroatoms. The summed E-state index contributed by atoms with van der Waals surface area (Å²) in [5.74, 6) is 0.412. The molecule has 38 heavy (non-hydrogen) atoms.